The average molecular weight is 304 g/mol. The number of hydrogen-bond donors (Lipinski definition) is 2. The fourth-order valence-corrected chi connectivity index (χ4v) is 1.41. The fraction of sp³-hybridized carbons (Fsp3) is 0.733. The first-order chi connectivity index (χ1) is 9.45. The van der Waals surface area contributed by atoms with Crippen LogP contribution in [0.4, 0.5) is 0 Å². The predicted octanol–water partition coefficient (Wildman–Crippen LogP) is 3.86. The summed E-state index contributed by atoms with van der Waals surface area (Å²) in [5, 5.41) is 7.89. The van der Waals surface area contributed by atoms with Gasteiger partial charge < -0.3 is 9.84 Å². The summed E-state index contributed by atoms with van der Waals surface area (Å²) in [5.41, 5.74) is 0.176. The maximum Gasteiger partial charge on any atom is 0.330 e. The van der Waals surface area contributed by atoms with Crippen LogP contribution in [-0.4, -0.2) is 29.4 Å². The van der Waals surface area contributed by atoms with Crippen molar-refractivity contribution in [3.8, 4) is 0 Å². The van der Waals surface area contributed by atoms with Gasteiger partial charge in [-0.1, -0.05) is 45.6 Å². The highest BCUT2D eigenvalue weighted by molar-refractivity contribution is 7.80. The summed E-state index contributed by atoms with van der Waals surface area (Å²) in [6.45, 7) is 7.39. The largest absolute Gasteiger partial charge is 0.478 e. The van der Waals surface area contributed by atoms with Crippen LogP contribution in [0.2, 0.25) is 0 Å². The lowest BCUT2D eigenvalue weighted by atomic mass is 10.1. The van der Waals surface area contributed by atoms with Crippen molar-refractivity contribution in [2.24, 2.45) is 0 Å². The first-order valence-corrected chi connectivity index (χ1v) is 7.74. The average Bonchev–Trinajstić information content (AvgIpc) is 2.38. The smallest absolute Gasteiger partial charge is 0.330 e. The molecule has 0 bridgehead atoms. The molecule has 0 aliphatic rings. The van der Waals surface area contributed by atoms with Crippen LogP contribution in [0, 0.1) is 0 Å². The van der Waals surface area contributed by atoms with E-state index in [0.717, 1.165) is 6.42 Å². The van der Waals surface area contributed by atoms with Gasteiger partial charge in [0.15, 0.2) is 0 Å². The van der Waals surface area contributed by atoms with E-state index in [0.29, 0.717) is 18.8 Å². The van der Waals surface area contributed by atoms with Gasteiger partial charge in [0.2, 0.25) is 0 Å². The van der Waals surface area contributed by atoms with Crippen LogP contribution in [0.25, 0.3) is 0 Å². The second kappa shape index (κ2) is 16.1. The van der Waals surface area contributed by atoms with E-state index >= 15 is 0 Å². The SMILES string of the molecule is C=C(C)C(=O)O.CCCCCCCCOC(=O)CCS. The molecule has 4 nitrogen and oxygen atoms in total. The molecule has 0 unspecified atom stereocenters. The van der Waals surface area contributed by atoms with Crippen molar-refractivity contribution in [1.29, 1.82) is 0 Å². The van der Waals surface area contributed by atoms with Gasteiger partial charge in [-0.2, -0.15) is 12.6 Å². The molecule has 0 aliphatic heterocycles. The molecule has 0 rings (SSSR count). The molecule has 0 aromatic carbocycles. The molecule has 0 heterocycles. The first-order valence-electron chi connectivity index (χ1n) is 7.11. The maximum atomic E-state index is 10.9. The summed E-state index contributed by atoms with van der Waals surface area (Å²) < 4.78 is 5.00. The highest BCUT2D eigenvalue weighted by Crippen LogP contribution is 2.05. The summed E-state index contributed by atoms with van der Waals surface area (Å²) in [4.78, 5) is 20.5. The monoisotopic (exact) mass is 304 g/mol. The number of carbonyl (C=O) groups excluding carboxylic acids is 1. The van der Waals surface area contributed by atoms with Crippen molar-refractivity contribution in [3.05, 3.63) is 12.2 Å². The van der Waals surface area contributed by atoms with E-state index in [1.54, 1.807) is 0 Å². The maximum absolute atomic E-state index is 10.9. The van der Waals surface area contributed by atoms with Gasteiger partial charge in [-0.3, -0.25) is 4.79 Å². The van der Waals surface area contributed by atoms with Crippen molar-refractivity contribution in [1.82, 2.24) is 0 Å². The van der Waals surface area contributed by atoms with Crippen molar-refractivity contribution in [3.63, 3.8) is 0 Å². The molecule has 0 aromatic rings. The van der Waals surface area contributed by atoms with E-state index in [-0.39, 0.29) is 11.5 Å². The quantitative estimate of drug-likeness (QED) is 0.278. The molecule has 0 fully saturated rings. The van der Waals surface area contributed by atoms with E-state index in [1.807, 2.05) is 0 Å². The summed E-state index contributed by atoms with van der Waals surface area (Å²) in [7, 11) is 0. The van der Waals surface area contributed by atoms with Crippen molar-refractivity contribution < 1.29 is 19.4 Å². The topological polar surface area (TPSA) is 63.6 Å². The van der Waals surface area contributed by atoms with Crippen LogP contribution in [0.15, 0.2) is 12.2 Å². The summed E-state index contributed by atoms with van der Waals surface area (Å²) >= 11 is 3.96. The van der Waals surface area contributed by atoms with Crippen molar-refractivity contribution in [2.75, 3.05) is 12.4 Å². The number of rotatable bonds is 10. The van der Waals surface area contributed by atoms with Gasteiger partial charge in [0.25, 0.3) is 0 Å². The lowest BCUT2D eigenvalue weighted by Crippen LogP contribution is -2.06. The van der Waals surface area contributed by atoms with Gasteiger partial charge in [0.1, 0.15) is 0 Å². The molecule has 1 N–H and O–H groups in total. The van der Waals surface area contributed by atoms with Crippen LogP contribution in [-0.2, 0) is 14.3 Å². The Balaban J connectivity index is 0. The Morgan fingerprint density at radius 1 is 1.15 bits per heavy atom. The second-order valence-electron chi connectivity index (χ2n) is 4.55. The third-order valence-electron chi connectivity index (χ3n) is 2.44. The minimum Gasteiger partial charge on any atom is -0.478 e. The second-order valence-corrected chi connectivity index (χ2v) is 4.99. The fourth-order valence-electron chi connectivity index (χ4n) is 1.23. The minimum absolute atomic E-state index is 0.117. The zero-order valence-corrected chi connectivity index (χ0v) is 13.6. The highest BCUT2D eigenvalue weighted by atomic mass is 32.1. The Morgan fingerprint density at radius 3 is 2.10 bits per heavy atom. The lowest BCUT2D eigenvalue weighted by molar-refractivity contribution is -0.143. The Kier molecular flexibility index (Phi) is 17.2. The van der Waals surface area contributed by atoms with Gasteiger partial charge in [0.05, 0.1) is 13.0 Å². The Labute approximate surface area is 128 Å². The molecule has 0 saturated heterocycles. The summed E-state index contributed by atoms with van der Waals surface area (Å²) in [5.74, 6) is -0.474. The van der Waals surface area contributed by atoms with Gasteiger partial charge in [-0.25, -0.2) is 4.79 Å². The molecule has 0 radical (unpaired) electrons. The summed E-state index contributed by atoms with van der Waals surface area (Å²) in [6.07, 6.45) is 7.77. The molecule has 0 spiro atoms. The minimum atomic E-state index is -0.935. The number of ether oxygens (including phenoxy) is 1. The number of thiol groups is 1. The van der Waals surface area contributed by atoms with Gasteiger partial charge >= 0.3 is 11.9 Å². The number of carboxylic acids is 1. The van der Waals surface area contributed by atoms with E-state index in [4.69, 9.17) is 9.84 Å². The molecule has 0 aliphatic carbocycles. The van der Waals surface area contributed by atoms with Gasteiger partial charge in [-0.05, 0) is 13.3 Å². The number of unbranched alkanes of at least 4 members (excludes halogenated alkanes) is 5. The van der Waals surface area contributed by atoms with Crippen LogP contribution in [0.5, 0.6) is 0 Å². The molecule has 0 aromatic heterocycles. The molecule has 20 heavy (non-hydrogen) atoms. The molecule has 0 amide bonds. The Bertz CT molecular complexity index is 265. The Hall–Kier alpha value is -0.970. The molecule has 0 saturated carbocycles. The molecular weight excluding hydrogens is 276 g/mol. The van der Waals surface area contributed by atoms with E-state index in [9.17, 15) is 9.59 Å². The van der Waals surface area contributed by atoms with Crippen LogP contribution < -0.4 is 0 Å². The van der Waals surface area contributed by atoms with E-state index in [2.05, 4.69) is 26.1 Å². The predicted molar refractivity (Wildman–Crippen MR) is 85.3 cm³/mol. The zero-order chi connectivity index (χ0) is 15.8. The van der Waals surface area contributed by atoms with Crippen LogP contribution in [0.3, 0.4) is 0 Å². The highest BCUT2D eigenvalue weighted by Gasteiger charge is 1.99. The van der Waals surface area contributed by atoms with E-state index < -0.39 is 5.97 Å². The lowest BCUT2D eigenvalue weighted by Gasteiger charge is -2.03. The third-order valence-corrected chi connectivity index (χ3v) is 2.67. The van der Waals surface area contributed by atoms with Crippen molar-refractivity contribution in [2.45, 2.75) is 58.8 Å². The van der Waals surface area contributed by atoms with Crippen LogP contribution >= 0.6 is 12.6 Å². The molecule has 118 valence electrons. The van der Waals surface area contributed by atoms with Crippen LogP contribution in [0.1, 0.15) is 58.8 Å². The first kappa shape index (κ1) is 21.3. The standard InChI is InChI=1S/C11H22O2S.C4H6O2/c1-2-3-4-5-6-7-9-13-11(12)8-10-14;1-3(2)4(5)6/h14H,2-10H2,1H3;1H2,2H3,(H,5,6). The normalized spacial score (nSPS) is 9.35. The number of aliphatic carboxylic acids is 1. The molecule has 5 heteroatoms. The Morgan fingerprint density at radius 2 is 1.65 bits per heavy atom. The number of hydrogen-bond acceptors (Lipinski definition) is 4. The van der Waals surface area contributed by atoms with Gasteiger partial charge in [-0.15, -0.1) is 0 Å². The number of carbonyl (C=O) groups is 2. The van der Waals surface area contributed by atoms with E-state index in [1.165, 1.54) is 39.0 Å². The number of carboxylic acid groups (broad SMARTS) is 1. The molecule has 0 atom stereocenters. The van der Waals surface area contributed by atoms with Gasteiger partial charge in [0, 0.05) is 11.3 Å². The van der Waals surface area contributed by atoms with Crippen molar-refractivity contribution >= 4 is 24.6 Å². The summed E-state index contributed by atoms with van der Waals surface area (Å²) in [6, 6.07) is 0. The third kappa shape index (κ3) is 19.4. The number of esters is 1. The molecular formula is C15H28O4S. The zero-order valence-electron chi connectivity index (χ0n) is 12.7.